The van der Waals surface area contributed by atoms with Crippen LogP contribution in [0.3, 0.4) is 0 Å². The fourth-order valence-electron chi connectivity index (χ4n) is 2.89. The van der Waals surface area contributed by atoms with Crippen LogP contribution in [-0.2, 0) is 17.6 Å². The fourth-order valence-corrected chi connectivity index (χ4v) is 2.89. The Balaban J connectivity index is 1.56. The lowest BCUT2D eigenvalue weighted by Crippen LogP contribution is -2.37. The van der Waals surface area contributed by atoms with Crippen LogP contribution in [0.2, 0.25) is 0 Å². The van der Waals surface area contributed by atoms with Crippen LogP contribution in [0.4, 0.5) is 0 Å². The van der Waals surface area contributed by atoms with E-state index >= 15 is 0 Å². The summed E-state index contributed by atoms with van der Waals surface area (Å²) in [4.78, 5) is 14.1. The van der Waals surface area contributed by atoms with E-state index in [1.807, 2.05) is 50.4 Å². The topological polar surface area (TPSA) is 29.5 Å². The molecule has 1 amide bonds. The van der Waals surface area contributed by atoms with Crippen LogP contribution in [0.25, 0.3) is 0 Å². The van der Waals surface area contributed by atoms with Crippen molar-refractivity contribution in [1.29, 1.82) is 0 Å². The Hall–Kier alpha value is -2.29. The second kappa shape index (κ2) is 6.22. The van der Waals surface area contributed by atoms with Gasteiger partial charge in [-0.25, -0.2) is 0 Å². The van der Waals surface area contributed by atoms with Gasteiger partial charge in [0.25, 0.3) is 0 Å². The third-order valence-electron chi connectivity index (χ3n) is 4.05. The molecular formula is C19H21NO2. The number of carbonyl (C=O) groups excluding carboxylic acids is 1. The quantitative estimate of drug-likeness (QED) is 0.868. The zero-order valence-corrected chi connectivity index (χ0v) is 13.1. The van der Waals surface area contributed by atoms with Crippen molar-refractivity contribution in [2.45, 2.75) is 25.9 Å². The molecule has 3 rings (SSSR count). The van der Waals surface area contributed by atoms with E-state index in [1.165, 1.54) is 11.1 Å². The second-order valence-corrected chi connectivity index (χ2v) is 5.99. The van der Waals surface area contributed by atoms with Gasteiger partial charge in [0, 0.05) is 13.5 Å². The van der Waals surface area contributed by atoms with Crippen LogP contribution in [0.5, 0.6) is 5.75 Å². The number of nitrogens with zero attached hydrogens (tertiary/aromatic N) is 1. The molecule has 0 aliphatic carbocycles. The van der Waals surface area contributed by atoms with Crippen LogP contribution in [0.1, 0.15) is 16.7 Å². The highest BCUT2D eigenvalue weighted by Gasteiger charge is 2.24. The van der Waals surface area contributed by atoms with Gasteiger partial charge in [-0.05, 0) is 24.1 Å². The molecule has 0 spiro atoms. The summed E-state index contributed by atoms with van der Waals surface area (Å²) < 4.78 is 5.90. The lowest BCUT2D eigenvalue weighted by atomic mass is 10.1. The van der Waals surface area contributed by atoms with Crippen molar-refractivity contribution < 1.29 is 9.53 Å². The summed E-state index contributed by atoms with van der Waals surface area (Å²) in [6.07, 6.45) is 1.37. The number of rotatable bonds is 4. The van der Waals surface area contributed by atoms with Crippen LogP contribution >= 0.6 is 0 Å². The number of carbonyl (C=O) groups is 1. The van der Waals surface area contributed by atoms with E-state index in [4.69, 9.17) is 4.74 Å². The Bertz CT molecular complexity index is 656. The summed E-state index contributed by atoms with van der Waals surface area (Å²) in [6.45, 7) is 2.67. The lowest BCUT2D eigenvalue weighted by molar-refractivity contribution is -0.130. The normalized spacial score (nSPS) is 16.0. The zero-order valence-electron chi connectivity index (χ0n) is 13.1. The van der Waals surface area contributed by atoms with Crippen molar-refractivity contribution in [3.05, 3.63) is 65.2 Å². The lowest BCUT2D eigenvalue weighted by Gasteiger charge is -2.21. The average Bonchev–Trinajstić information content (AvgIpc) is 2.89. The Labute approximate surface area is 131 Å². The third-order valence-corrected chi connectivity index (χ3v) is 4.05. The minimum atomic E-state index is 0.0591. The van der Waals surface area contributed by atoms with Crippen LogP contribution in [0, 0.1) is 6.92 Å². The Kier molecular flexibility index (Phi) is 4.14. The predicted molar refractivity (Wildman–Crippen MR) is 87.1 cm³/mol. The van der Waals surface area contributed by atoms with Gasteiger partial charge in [-0.1, -0.05) is 48.0 Å². The molecule has 2 aromatic carbocycles. The number of para-hydroxylation sites is 1. The summed E-state index contributed by atoms with van der Waals surface area (Å²) in [7, 11) is 1.85. The first-order chi connectivity index (χ1) is 10.6. The standard InChI is InChI=1S/C19H21NO2/c1-14-6-5-7-15(10-14)11-19(21)20(2)13-17-12-16-8-3-4-9-18(16)22-17/h3-10,17H,11-13H2,1-2H3/t17-/m0/s1. The van der Waals surface area contributed by atoms with Crippen LogP contribution in [-0.4, -0.2) is 30.5 Å². The van der Waals surface area contributed by atoms with Crippen molar-refractivity contribution in [1.82, 2.24) is 4.90 Å². The van der Waals surface area contributed by atoms with Gasteiger partial charge >= 0.3 is 0 Å². The Morgan fingerprint density at radius 2 is 2.05 bits per heavy atom. The molecule has 0 N–H and O–H groups in total. The molecule has 0 bridgehead atoms. The molecule has 3 heteroatoms. The first-order valence-corrected chi connectivity index (χ1v) is 7.66. The van der Waals surface area contributed by atoms with Gasteiger partial charge in [0.05, 0.1) is 13.0 Å². The molecule has 1 aliphatic heterocycles. The van der Waals surface area contributed by atoms with E-state index < -0.39 is 0 Å². The fraction of sp³-hybridized carbons (Fsp3) is 0.316. The van der Waals surface area contributed by atoms with Gasteiger partial charge in [0.1, 0.15) is 11.9 Å². The molecule has 0 saturated carbocycles. The number of likely N-dealkylation sites (N-methyl/N-ethyl adjacent to an activating group) is 1. The van der Waals surface area contributed by atoms with Gasteiger partial charge in [-0.3, -0.25) is 4.79 Å². The van der Waals surface area contributed by atoms with E-state index in [2.05, 4.69) is 12.1 Å². The van der Waals surface area contributed by atoms with Gasteiger partial charge in [0.2, 0.25) is 5.91 Å². The first kappa shape index (κ1) is 14.6. The van der Waals surface area contributed by atoms with Crippen molar-refractivity contribution in [2.24, 2.45) is 0 Å². The van der Waals surface area contributed by atoms with Crippen molar-refractivity contribution in [3.63, 3.8) is 0 Å². The maximum absolute atomic E-state index is 12.4. The highest BCUT2D eigenvalue weighted by Crippen LogP contribution is 2.28. The third kappa shape index (κ3) is 3.30. The van der Waals surface area contributed by atoms with Crippen molar-refractivity contribution in [2.75, 3.05) is 13.6 Å². The second-order valence-electron chi connectivity index (χ2n) is 5.99. The van der Waals surface area contributed by atoms with Crippen LogP contribution < -0.4 is 4.74 Å². The first-order valence-electron chi connectivity index (χ1n) is 7.66. The summed E-state index contributed by atoms with van der Waals surface area (Å²) in [5, 5.41) is 0. The van der Waals surface area contributed by atoms with E-state index in [0.29, 0.717) is 13.0 Å². The molecule has 0 aromatic heterocycles. The van der Waals surface area contributed by atoms with Crippen LogP contribution in [0.15, 0.2) is 48.5 Å². The predicted octanol–water partition coefficient (Wildman–Crippen LogP) is 3.00. The Morgan fingerprint density at radius 1 is 1.23 bits per heavy atom. The highest BCUT2D eigenvalue weighted by molar-refractivity contribution is 5.78. The number of amides is 1. The number of aryl methyl sites for hydroxylation is 1. The smallest absolute Gasteiger partial charge is 0.226 e. The van der Waals surface area contributed by atoms with Crippen molar-refractivity contribution in [3.8, 4) is 5.75 Å². The Morgan fingerprint density at radius 3 is 2.82 bits per heavy atom. The van der Waals surface area contributed by atoms with Gasteiger partial charge in [-0.2, -0.15) is 0 Å². The number of hydrogen-bond donors (Lipinski definition) is 0. The van der Waals surface area contributed by atoms with E-state index in [1.54, 1.807) is 4.90 Å². The molecule has 22 heavy (non-hydrogen) atoms. The maximum atomic E-state index is 12.4. The van der Waals surface area contributed by atoms with Gasteiger partial charge in [-0.15, -0.1) is 0 Å². The van der Waals surface area contributed by atoms with E-state index in [0.717, 1.165) is 17.7 Å². The molecule has 3 nitrogen and oxygen atoms in total. The van der Waals surface area contributed by atoms with Crippen molar-refractivity contribution >= 4 is 5.91 Å². The molecule has 2 aromatic rings. The average molecular weight is 295 g/mol. The van der Waals surface area contributed by atoms with Gasteiger partial charge < -0.3 is 9.64 Å². The number of hydrogen-bond acceptors (Lipinski definition) is 2. The maximum Gasteiger partial charge on any atom is 0.226 e. The van der Waals surface area contributed by atoms with E-state index in [-0.39, 0.29) is 12.0 Å². The summed E-state index contributed by atoms with van der Waals surface area (Å²) >= 11 is 0. The number of benzene rings is 2. The SMILES string of the molecule is Cc1cccc(CC(=O)N(C)C[C@@H]2Cc3ccccc3O2)c1. The summed E-state index contributed by atoms with van der Waals surface area (Å²) in [5.41, 5.74) is 3.47. The van der Waals surface area contributed by atoms with Gasteiger partial charge in [0.15, 0.2) is 0 Å². The minimum Gasteiger partial charge on any atom is -0.488 e. The summed E-state index contributed by atoms with van der Waals surface area (Å²) in [6, 6.07) is 16.2. The molecule has 1 atom stereocenters. The number of fused-ring (bicyclic) bond motifs is 1. The largest absolute Gasteiger partial charge is 0.488 e. The zero-order chi connectivity index (χ0) is 15.5. The molecule has 1 heterocycles. The summed E-state index contributed by atoms with van der Waals surface area (Å²) in [5.74, 6) is 1.08. The molecule has 0 unspecified atom stereocenters. The number of ether oxygens (including phenoxy) is 1. The molecule has 114 valence electrons. The highest BCUT2D eigenvalue weighted by atomic mass is 16.5. The molecular weight excluding hydrogens is 274 g/mol. The molecule has 0 radical (unpaired) electrons. The molecule has 1 aliphatic rings. The molecule has 0 fully saturated rings. The van der Waals surface area contributed by atoms with E-state index in [9.17, 15) is 4.79 Å². The molecule has 0 saturated heterocycles. The monoisotopic (exact) mass is 295 g/mol. The minimum absolute atomic E-state index is 0.0591.